The Morgan fingerprint density at radius 2 is 1.27 bits per heavy atom. The van der Waals surface area contributed by atoms with Gasteiger partial charge in [0.1, 0.15) is 11.6 Å². The first-order valence-electron chi connectivity index (χ1n) is 15.2. The van der Waals surface area contributed by atoms with Crippen LogP contribution >= 0.6 is 0 Å². The van der Waals surface area contributed by atoms with Crippen molar-refractivity contribution in [2.24, 2.45) is 0 Å². The molecule has 0 fully saturated rings. The zero-order valence-electron chi connectivity index (χ0n) is 25.2. The second-order valence-corrected chi connectivity index (χ2v) is 12.9. The molecule has 0 bridgehead atoms. The Balaban J connectivity index is 1.48. The van der Waals surface area contributed by atoms with E-state index in [1.54, 1.807) is 7.11 Å². The predicted molar refractivity (Wildman–Crippen MR) is 183 cm³/mol. The lowest BCUT2D eigenvalue weighted by molar-refractivity contribution is 0.415. The number of hydrogen-bond donors (Lipinski definition) is 0. The second kappa shape index (κ2) is 8.84. The number of nitrogens with zero attached hydrogens (tertiary/aromatic N) is 3. The zero-order valence-corrected chi connectivity index (χ0v) is 25.2. The largest absolute Gasteiger partial charge is 0.497 e. The molecule has 0 radical (unpaired) electrons. The summed E-state index contributed by atoms with van der Waals surface area (Å²) in [5, 5.41) is 4.90. The van der Waals surface area contributed by atoms with E-state index in [9.17, 15) is 0 Å². The van der Waals surface area contributed by atoms with E-state index in [0.717, 1.165) is 22.6 Å². The Kier molecular flexibility index (Phi) is 5.06. The average molecular weight is 570 g/mol. The molecule has 0 saturated carbocycles. The number of rotatable bonds is 2. The first-order chi connectivity index (χ1) is 21.4. The third-order valence-corrected chi connectivity index (χ3v) is 9.37. The van der Waals surface area contributed by atoms with Crippen LogP contribution in [0.25, 0.3) is 77.4 Å². The highest BCUT2D eigenvalue weighted by Gasteiger charge is 2.26. The van der Waals surface area contributed by atoms with Crippen LogP contribution in [0, 0.1) is 0 Å². The van der Waals surface area contributed by atoms with Gasteiger partial charge in [0.25, 0.3) is 0 Å². The van der Waals surface area contributed by atoms with Crippen molar-refractivity contribution in [3.05, 3.63) is 121 Å². The van der Waals surface area contributed by atoms with Crippen LogP contribution in [-0.2, 0) is 5.41 Å². The van der Waals surface area contributed by atoms with E-state index in [0.29, 0.717) is 0 Å². The maximum absolute atomic E-state index is 5.73. The molecule has 0 atom stereocenters. The minimum Gasteiger partial charge on any atom is -0.497 e. The monoisotopic (exact) mass is 569 g/mol. The summed E-state index contributed by atoms with van der Waals surface area (Å²) in [4.78, 5) is 4.94. The lowest BCUT2D eigenvalue weighted by Crippen LogP contribution is -2.12. The van der Waals surface area contributed by atoms with Crippen molar-refractivity contribution in [1.82, 2.24) is 14.1 Å². The predicted octanol–water partition coefficient (Wildman–Crippen LogP) is 10.2. The molecule has 4 heteroatoms. The Morgan fingerprint density at radius 3 is 2.09 bits per heavy atom. The molecule has 0 amide bonds. The van der Waals surface area contributed by atoms with Crippen molar-refractivity contribution in [2.75, 3.05) is 7.11 Å². The van der Waals surface area contributed by atoms with Crippen molar-refractivity contribution < 1.29 is 4.74 Å². The molecule has 0 saturated heterocycles. The minimum atomic E-state index is -0.00318. The molecule has 0 N–H and O–H groups in total. The van der Waals surface area contributed by atoms with Gasteiger partial charge in [-0.1, -0.05) is 81.4 Å². The fourth-order valence-corrected chi connectivity index (χ4v) is 7.25. The van der Waals surface area contributed by atoms with Crippen molar-refractivity contribution >= 4 is 43.6 Å². The van der Waals surface area contributed by atoms with Crippen LogP contribution in [0.4, 0.5) is 0 Å². The normalized spacial score (nSPS) is 12.5. The number of ether oxygens (including phenoxy) is 1. The van der Waals surface area contributed by atoms with E-state index in [1.165, 1.54) is 66.1 Å². The number of benzene rings is 5. The van der Waals surface area contributed by atoms with Crippen molar-refractivity contribution in [1.29, 1.82) is 0 Å². The minimum absolute atomic E-state index is 0.00318. The summed E-state index contributed by atoms with van der Waals surface area (Å²) in [6, 6.07) is 39.9. The van der Waals surface area contributed by atoms with E-state index in [-0.39, 0.29) is 5.41 Å². The molecule has 1 aliphatic rings. The molecule has 5 aromatic carbocycles. The SMILES string of the molecule is COc1ccc2c3cc4c(cc3n(-c3cc(C(C)(C)C)ccn3)c2c1)-c1ccccc1-c1cccc2c3ccccc3n-4c12. The van der Waals surface area contributed by atoms with Gasteiger partial charge in [-0.3, -0.25) is 4.57 Å². The van der Waals surface area contributed by atoms with Gasteiger partial charge in [0.05, 0.1) is 34.9 Å². The molecular formula is C40H31N3O. The summed E-state index contributed by atoms with van der Waals surface area (Å²) < 4.78 is 10.5. The van der Waals surface area contributed by atoms with Gasteiger partial charge in [-0.25, -0.2) is 4.98 Å². The zero-order chi connectivity index (χ0) is 29.7. The Hall–Kier alpha value is -5.35. The number of hydrogen-bond acceptors (Lipinski definition) is 2. The summed E-state index contributed by atoms with van der Waals surface area (Å²) in [5.74, 6) is 1.73. The van der Waals surface area contributed by atoms with Crippen LogP contribution in [0.3, 0.4) is 0 Å². The molecule has 8 aromatic rings. The van der Waals surface area contributed by atoms with Crippen molar-refractivity contribution in [2.45, 2.75) is 26.2 Å². The van der Waals surface area contributed by atoms with Gasteiger partial charge in [0.2, 0.25) is 0 Å². The van der Waals surface area contributed by atoms with Gasteiger partial charge in [-0.05, 0) is 64.6 Å². The highest BCUT2D eigenvalue weighted by molar-refractivity contribution is 6.18. The quantitative estimate of drug-likeness (QED) is 0.207. The average Bonchev–Trinajstić information content (AvgIpc) is 3.51. The molecule has 212 valence electrons. The maximum Gasteiger partial charge on any atom is 0.137 e. The fourth-order valence-electron chi connectivity index (χ4n) is 7.25. The highest BCUT2D eigenvalue weighted by atomic mass is 16.5. The molecule has 44 heavy (non-hydrogen) atoms. The van der Waals surface area contributed by atoms with E-state index in [2.05, 4.69) is 139 Å². The first kappa shape index (κ1) is 25.2. The summed E-state index contributed by atoms with van der Waals surface area (Å²) in [6.07, 6.45) is 1.94. The molecule has 0 spiro atoms. The van der Waals surface area contributed by atoms with E-state index in [1.807, 2.05) is 6.20 Å². The van der Waals surface area contributed by atoms with Crippen LogP contribution < -0.4 is 4.74 Å². The van der Waals surface area contributed by atoms with Gasteiger partial charge in [0.15, 0.2) is 0 Å². The standard InChI is InChI=1S/C40H31N3O/c1-40(2,3)24-18-19-41-38(20-24)42-35-21-25(44-4)16-17-29(35)33-23-37-32(22-36(33)42)27-11-6-5-10-26(27)30-13-9-14-31-28-12-7-8-15-34(28)43(37)39(30)31/h5-23H,1-4H3. The third-order valence-electron chi connectivity index (χ3n) is 9.37. The molecule has 4 heterocycles. The number of fused-ring (bicyclic) bond motifs is 11. The van der Waals surface area contributed by atoms with Crippen LogP contribution in [0.15, 0.2) is 115 Å². The lowest BCUT2D eigenvalue weighted by Gasteiger charge is -2.20. The number of para-hydroxylation sites is 2. The van der Waals surface area contributed by atoms with E-state index in [4.69, 9.17) is 9.72 Å². The van der Waals surface area contributed by atoms with Gasteiger partial charge in [-0.15, -0.1) is 0 Å². The second-order valence-electron chi connectivity index (χ2n) is 12.9. The smallest absolute Gasteiger partial charge is 0.137 e. The number of methoxy groups -OCH3 is 1. The van der Waals surface area contributed by atoms with E-state index >= 15 is 0 Å². The van der Waals surface area contributed by atoms with Gasteiger partial charge >= 0.3 is 0 Å². The Labute approximate surface area is 255 Å². The van der Waals surface area contributed by atoms with Crippen LogP contribution in [0.5, 0.6) is 5.75 Å². The lowest BCUT2D eigenvalue weighted by atomic mass is 9.88. The number of pyridine rings is 1. The van der Waals surface area contributed by atoms with Crippen LogP contribution in [0.1, 0.15) is 26.3 Å². The molecule has 9 rings (SSSR count). The topological polar surface area (TPSA) is 32.0 Å². The molecule has 3 aromatic heterocycles. The molecule has 1 aliphatic heterocycles. The third kappa shape index (κ3) is 3.37. The highest BCUT2D eigenvalue weighted by Crippen LogP contribution is 2.48. The first-order valence-corrected chi connectivity index (χ1v) is 15.2. The Bertz CT molecular complexity index is 2470. The van der Waals surface area contributed by atoms with E-state index < -0.39 is 0 Å². The molecule has 0 aliphatic carbocycles. The number of aromatic nitrogens is 3. The van der Waals surface area contributed by atoms with Crippen LogP contribution in [0.2, 0.25) is 0 Å². The molecule has 0 unspecified atom stereocenters. The van der Waals surface area contributed by atoms with Gasteiger partial charge in [-0.2, -0.15) is 0 Å². The maximum atomic E-state index is 5.73. The fraction of sp³-hybridized carbons (Fsp3) is 0.125. The summed E-state index contributed by atoms with van der Waals surface area (Å²) in [5.41, 5.74) is 12.0. The van der Waals surface area contributed by atoms with Gasteiger partial charge in [0, 0.05) is 44.9 Å². The van der Waals surface area contributed by atoms with Crippen molar-refractivity contribution in [3.8, 4) is 39.5 Å². The summed E-state index contributed by atoms with van der Waals surface area (Å²) >= 11 is 0. The summed E-state index contributed by atoms with van der Waals surface area (Å²) in [7, 11) is 1.73. The Morgan fingerprint density at radius 1 is 0.568 bits per heavy atom. The van der Waals surface area contributed by atoms with Crippen molar-refractivity contribution in [3.63, 3.8) is 0 Å². The van der Waals surface area contributed by atoms with Crippen LogP contribution in [-0.4, -0.2) is 21.2 Å². The molecular weight excluding hydrogens is 538 g/mol. The molecule has 4 nitrogen and oxygen atoms in total. The van der Waals surface area contributed by atoms with Gasteiger partial charge < -0.3 is 9.30 Å². The summed E-state index contributed by atoms with van der Waals surface area (Å²) in [6.45, 7) is 6.74.